The molecule has 0 amide bonds. The van der Waals surface area contributed by atoms with Crippen LogP contribution in [-0.2, 0) is 19.3 Å². The molecule has 1 saturated heterocycles. The number of nitrogens with zero attached hydrogens (tertiary/aromatic N) is 5. The zero-order valence-electron chi connectivity index (χ0n) is 21.1. The molecule has 2 heterocycles. The van der Waals surface area contributed by atoms with Crippen molar-refractivity contribution in [2.75, 3.05) is 33.3 Å². The Morgan fingerprint density at radius 2 is 1.40 bits per heavy atom. The summed E-state index contributed by atoms with van der Waals surface area (Å²) in [5, 5.41) is 4.18. The van der Waals surface area contributed by atoms with E-state index in [1.54, 1.807) is 11.5 Å². The molecule has 0 spiro atoms. The molecule has 0 radical (unpaired) electrons. The predicted molar refractivity (Wildman–Crippen MR) is 129 cm³/mol. The Labute approximate surface area is 208 Å². The van der Waals surface area contributed by atoms with Crippen molar-refractivity contribution in [1.82, 2.24) is 24.1 Å². The van der Waals surface area contributed by atoms with Crippen LogP contribution in [0, 0.1) is 0 Å². The van der Waals surface area contributed by atoms with E-state index >= 15 is 0 Å². The Hall–Kier alpha value is -1.31. The van der Waals surface area contributed by atoms with Gasteiger partial charge in [0, 0.05) is 51.4 Å². The molecule has 2 saturated carbocycles. The maximum absolute atomic E-state index is 12.9. The van der Waals surface area contributed by atoms with E-state index in [1.807, 2.05) is 7.11 Å². The number of aromatic nitrogens is 3. The van der Waals surface area contributed by atoms with Gasteiger partial charge in [-0.3, -0.25) is 18.6 Å². The van der Waals surface area contributed by atoms with Crippen molar-refractivity contribution in [3.05, 3.63) is 16.8 Å². The summed E-state index contributed by atoms with van der Waals surface area (Å²) >= 11 is 0. The molecule has 200 valence electrons. The van der Waals surface area contributed by atoms with Crippen molar-refractivity contribution >= 4 is 10.4 Å². The van der Waals surface area contributed by atoms with Crippen LogP contribution in [0.3, 0.4) is 0 Å². The summed E-state index contributed by atoms with van der Waals surface area (Å²) in [5.41, 5.74) is -0.295. The summed E-state index contributed by atoms with van der Waals surface area (Å²) in [6.45, 7) is 7.54. The first-order chi connectivity index (χ1) is 16.7. The van der Waals surface area contributed by atoms with Crippen LogP contribution >= 0.6 is 0 Å². The van der Waals surface area contributed by atoms with Gasteiger partial charge in [-0.1, -0.05) is 0 Å². The zero-order valence-corrected chi connectivity index (χ0v) is 21.9. The van der Waals surface area contributed by atoms with Gasteiger partial charge in [0.05, 0.1) is 18.2 Å². The van der Waals surface area contributed by atoms with E-state index < -0.39 is 22.5 Å². The van der Waals surface area contributed by atoms with E-state index in [0.29, 0.717) is 18.2 Å². The molecular formula is C23H40N5O6S-. The van der Waals surface area contributed by atoms with E-state index in [0.717, 1.165) is 51.9 Å². The standard InChI is InChI=1S/C23H41N5O6S/c1-17(18(2)34-35(30,31)32)28-23(29)27(16-24-28)21-6-4-19(5-7-21)25-12-14-26(15-13-25)20-8-10-22(33-3)11-9-20/h16-22H,4-15H2,1-3H3,(H,30,31,32)/p-1/t17-,18+,19?,20?,21?,22?/m0/s1. The lowest BCUT2D eigenvalue weighted by Gasteiger charge is -2.45. The first-order valence-corrected chi connectivity index (χ1v) is 14.3. The van der Waals surface area contributed by atoms with Crippen LogP contribution in [-0.4, -0.2) is 94.7 Å². The third-order valence-electron chi connectivity index (χ3n) is 8.47. The molecule has 2 atom stereocenters. The van der Waals surface area contributed by atoms with E-state index in [2.05, 4.69) is 19.1 Å². The minimum Gasteiger partial charge on any atom is -0.726 e. The van der Waals surface area contributed by atoms with Crippen LogP contribution in [0.15, 0.2) is 11.1 Å². The molecule has 4 rings (SSSR count). The number of piperazine rings is 1. The van der Waals surface area contributed by atoms with E-state index in [1.165, 1.54) is 43.6 Å². The summed E-state index contributed by atoms with van der Waals surface area (Å²) < 4.78 is 45.6. The highest BCUT2D eigenvalue weighted by atomic mass is 32.3. The summed E-state index contributed by atoms with van der Waals surface area (Å²) in [4.78, 5) is 18.2. The third kappa shape index (κ3) is 6.53. The van der Waals surface area contributed by atoms with Gasteiger partial charge in [0.1, 0.15) is 6.33 Å². The van der Waals surface area contributed by atoms with Gasteiger partial charge in [0.2, 0.25) is 10.4 Å². The van der Waals surface area contributed by atoms with Crippen LogP contribution in [0.25, 0.3) is 0 Å². The Morgan fingerprint density at radius 3 is 1.89 bits per heavy atom. The molecule has 11 nitrogen and oxygen atoms in total. The average Bonchev–Trinajstić information content (AvgIpc) is 3.24. The zero-order chi connectivity index (χ0) is 25.2. The molecule has 0 N–H and O–H groups in total. The van der Waals surface area contributed by atoms with Crippen LogP contribution in [0.1, 0.15) is 77.3 Å². The molecule has 0 unspecified atom stereocenters. The monoisotopic (exact) mass is 514 g/mol. The van der Waals surface area contributed by atoms with Crippen LogP contribution < -0.4 is 5.69 Å². The Balaban J connectivity index is 1.26. The van der Waals surface area contributed by atoms with Gasteiger partial charge in [0.15, 0.2) is 0 Å². The van der Waals surface area contributed by atoms with Crippen molar-refractivity contribution in [3.8, 4) is 0 Å². The summed E-state index contributed by atoms with van der Waals surface area (Å²) in [6.07, 6.45) is 9.71. The molecule has 1 aromatic heterocycles. The van der Waals surface area contributed by atoms with Gasteiger partial charge in [-0.15, -0.1) is 0 Å². The molecule has 12 heteroatoms. The van der Waals surface area contributed by atoms with Gasteiger partial charge in [0.25, 0.3) is 0 Å². The topological polar surface area (TPSA) is 122 Å². The van der Waals surface area contributed by atoms with Gasteiger partial charge >= 0.3 is 5.69 Å². The number of hydrogen-bond acceptors (Lipinski definition) is 9. The first kappa shape index (κ1) is 26.7. The van der Waals surface area contributed by atoms with Gasteiger partial charge in [-0.25, -0.2) is 17.9 Å². The van der Waals surface area contributed by atoms with Gasteiger partial charge in [-0.2, -0.15) is 5.10 Å². The Morgan fingerprint density at radius 1 is 0.914 bits per heavy atom. The largest absolute Gasteiger partial charge is 0.726 e. The van der Waals surface area contributed by atoms with Crippen molar-refractivity contribution in [2.24, 2.45) is 0 Å². The van der Waals surface area contributed by atoms with E-state index in [-0.39, 0.29) is 11.7 Å². The second-order valence-electron chi connectivity index (χ2n) is 10.4. The lowest BCUT2D eigenvalue weighted by atomic mass is 9.89. The third-order valence-corrected chi connectivity index (χ3v) is 9.01. The molecule has 0 bridgehead atoms. The lowest BCUT2D eigenvalue weighted by molar-refractivity contribution is 0.0107. The highest BCUT2D eigenvalue weighted by Crippen LogP contribution is 2.32. The molecular weight excluding hydrogens is 474 g/mol. The lowest BCUT2D eigenvalue weighted by Crippen LogP contribution is -2.54. The molecule has 1 aliphatic heterocycles. The van der Waals surface area contributed by atoms with E-state index in [4.69, 9.17) is 4.74 Å². The summed E-state index contributed by atoms with van der Waals surface area (Å²) in [5.74, 6) is 0. The quantitative estimate of drug-likeness (QED) is 0.375. The molecule has 2 aliphatic carbocycles. The number of hydrogen-bond donors (Lipinski definition) is 0. The molecule has 1 aromatic rings. The highest BCUT2D eigenvalue weighted by Gasteiger charge is 2.33. The minimum absolute atomic E-state index is 0.0800. The van der Waals surface area contributed by atoms with Gasteiger partial charge < -0.3 is 9.29 Å². The normalized spacial score (nSPS) is 31.3. The fourth-order valence-electron chi connectivity index (χ4n) is 6.14. The second kappa shape index (κ2) is 11.4. The summed E-state index contributed by atoms with van der Waals surface area (Å²) in [7, 11) is -3.02. The van der Waals surface area contributed by atoms with Crippen molar-refractivity contribution in [1.29, 1.82) is 0 Å². The Kier molecular flexibility index (Phi) is 8.70. The van der Waals surface area contributed by atoms with E-state index in [9.17, 15) is 17.8 Å². The second-order valence-corrected chi connectivity index (χ2v) is 11.4. The van der Waals surface area contributed by atoms with Crippen LogP contribution in [0.5, 0.6) is 0 Å². The first-order valence-electron chi connectivity index (χ1n) is 13.0. The smallest absolute Gasteiger partial charge is 0.346 e. The maximum Gasteiger partial charge on any atom is 0.346 e. The highest BCUT2D eigenvalue weighted by molar-refractivity contribution is 7.80. The number of methoxy groups -OCH3 is 1. The number of ether oxygens (including phenoxy) is 1. The Bertz CT molecular complexity index is 973. The van der Waals surface area contributed by atoms with Crippen LogP contribution in [0.4, 0.5) is 0 Å². The number of rotatable bonds is 8. The molecule has 3 fully saturated rings. The SMILES string of the molecule is COC1CCC(N2CCN(C3CCC(n4cnn([C@@H](C)[C@@H](C)OS(=O)(=O)[O-])c4=O)CC3)CC2)CC1. The van der Waals surface area contributed by atoms with Crippen molar-refractivity contribution in [3.63, 3.8) is 0 Å². The average molecular weight is 515 g/mol. The van der Waals surface area contributed by atoms with Crippen molar-refractivity contribution < 1.29 is 21.9 Å². The minimum atomic E-state index is -4.85. The fourth-order valence-corrected chi connectivity index (χ4v) is 6.67. The van der Waals surface area contributed by atoms with Crippen LogP contribution in [0.2, 0.25) is 0 Å². The molecule has 35 heavy (non-hydrogen) atoms. The van der Waals surface area contributed by atoms with Gasteiger partial charge in [-0.05, 0) is 65.2 Å². The van der Waals surface area contributed by atoms with Crippen molar-refractivity contribution in [2.45, 2.75) is 102 Å². The fraction of sp³-hybridized carbons (Fsp3) is 0.913. The predicted octanol–water partition coefficient (Wildman–Crippen LogP) is 1.53. The molecule has 3 aliphatic rings. The maximum atomic E-state index is 12.9. The summed E-state index contributed by atoms with van der Waals surface area (Å²) in [6, 6.07) is 0.658. The molecule has 0 aromatic carbocycles.